The Morgan fingerprint density at radius 3 is 2.28 bits per heavy atom. The van der Waals surface area contributed by atoms with Crippen LogP contribution in [0, 0.1) is 6.92 Å². The first-order chi connectivity index (χ1) is 8.69. The largest absolute Gasteiger partial charge is 0.381 e. The van der Waals surface area contributed by atoms with Crippen LogP contribution in [0.15, 0.2) is 24.3 Å². The maximum atomic E-state index is 5.41. The van der Waals surface area contributed by atoms with Crippen LogP contribution in [0.4, 0.5) is 0 Å². The lowest BCUT2D eigenvalue weighted by Crippen LogP contribution is -2.36. The summed E-state index contributed by atoms with van der Waals surface area (Å²) in [5, 5.41) is 3.74. The highest BCUT2D eigenvalue weighted by Crippen LogP contribution is 2.23. The Bertz CT molecular complexity index is 352. The summed E-state index contributed by atoms with van der Waals surface area (Å²) in [5.74, 6) is 0. The fourth-order valence-electron chi connectivity index (χ4n) is 2.77. The zero-order valence-corrected chi connectivity index (χ0v) is 11.8. The molecule has 0 saturated heterocycles. The van der Waals surface area contributed by atoms with Gasteiger partial charge in [-0.3, -0.25) is 0 Å². The number of hydrogen-bond acceptors (Lipinski definition) is 2. The number of ether oxygens (including phenoxy) is 1. The molecule has 2 nitrogen and oxygen atoms in total. The Balaban J connectivity index is 1.84. The van der Waals surface area contributed by atoms with Gasteiger partial charge in [0.05, 0.1) is 6.10 Å². The quantitative estimate of drug-likeness (QED) is 0.877. The van der Waals surface area contributed by atoms with Gasteiger partial charge in [-0.15, -0.1) is 0 Å². The van der Waals surface area contributed by atoms with E-state index in [1.165, 1.54) is 36.8 Å². The summed E-state index contributed by atoms with van der Waals surface area (Å²) < 4.78 is 5.41. The van der Waals surface area contributed by atoms with Crippen molar-refractivity contribution >= 4 is 0 Å². The molecule has 0 amide bonds. The topological polar surface area (TPSA) is 21.3 Å². The van der Waals surface area contributed by atoms with E-state index in [1.54, 1.807) is 0 Å². The van der Waals surface area contributed by atoms with Crippen LogP contribution in [0.25, 0.3) is 0 Å². The van der Waals surface area contributed by atoms with Gasteiger partial charge in [0.25, 0.3) is 0 Å². The van der Waals surface area contributed by atoms with Crippen LogP contribution in [0.2, 0.25) is 0 Å². The lowest BCUT2D eigenvalue weighted by atomic mass is 9.92. The third-order valence-corrected chi connectivity index (χ3v) is 4.07. The fraction of sp³-hybridized carbons (Fsp3) is 0.625. The van der Waals surface area contributed by atoms with Gasteiger partial charge in [-0.2, -0.15) is 0 Å². The molecule has 1 fully saturated rings. The van der Waals surface area contributed by atoms with Gasteiger partial charge < -0.3 is 10.1 Å². The van der Waals surface area contributed by atoms with E-state index in [-0.39, 0.29) is 0 Å². The maximum Gasteiger partial charge on any atom is 0.0572 e. The van der Waals surface area contributed by atoms with Gasteiger partial charge in [0.2, 0.25) is 0 Å². The van der Waals surface area contributed by atoms with Gasteiger partial charge in [-0.05, 0) is 45.1 Å². The summed E-state index contributed by atoms with van der Waals surface area (Å²) >= 11 is 0. The van der Waals surface area contributed by atoms with Gasteiger partial charge >= 0.3 is 0 Å². The second kappa shape index (κ2) is 6.35. The smallest absolute Gasteiger partial charge is 0.0572 e. The first kappa shape index (κ1) is 13.6. The molecule has 2 heteroatoms. The van der Waals surface area contributed by atoms with Crippen LogP contribution in [-0.2, 0) is 4.74 Å². The van der Waals surface area contributed by atoms with Crippen LogP contribution in [-0.4, -0.2) is 19.3 Å². The Morgan fingerprint density at radius 1 is 1.11 bits per heavy atom. The molecule has 1 aliphatic carbocycles. The highest BCUT2D eigenvalue weighted by Gasteiger charge is 2.21. The Labute approximate surface area is 111 Å². The van der Waals surface area contributed by atoms with E-state index < -0.39 is 0 Å². The first-order valence-corrected chi connectivity index (χ1v) is 7.04. The first-order valence-electron chi connectivity index (χ1n) is 7.04. The standard InChI is InChI=1S/C16H25NO/c1-12-4-6-14(7-5-12)13(2)17-15-8-10-16(18-3)11-9-15/h4-7,13,15-17H,8-11H2,1-3H3. The number of hydrogen-bond donors (Lipinski definition) is 1. The average Bonchev–Trinajstić information content (AvgIpc) is 2.40. The average molecular weight is 247 g/mol. The molecule has 0 radical (unpaired) electrons. The van der Waals surface area contributed by atoms with E-state index >= 15 is 0 Å². The van der Waals surface area contributed by atoms with E-state index in [4.69, 9.17) is 4.74 Å². The van der Waals surface area contributed by atoms with Crippen molar-refractivity contribution in [3.63, 3.8) is 0 Å². The molecule has 1 aromatic rings. The minimum atomic E-state index is 0.440. The SMILES string of the molecule is COC1CCC(NC(C)c2ccc(C)cc2)CC1. The zero-order chi connectivity index (χ0) is 13.0. The van der Waals surface area contributed by atoms with Crippen molar-refractivity contribution < 1.29 is 4.74 Å². The van der Waals surface area contributed by atoms with E-state index in [9.17, 15) is 0 Å². The van der Waals surface area contributed by atoms with Gasteiger partial charge in [0.15, 0.2) is 0 Å². The molecular formula is C16H25NO. The summed E-state index contributed by atoms with van der Waals surface area (Å²) in [4.78, 5) is 0. The normalized spacial score (nSPS) is 25.9. The second-order valence-electron chi connectivity index (χ2n) is 5.51. The van der Waals surface area contributed by atoms with E-state index in [0.29, 0.717) is 18.2 Å². The van der Waals surface area contributed by atoms with E-state index in [1.807, 2.05) is 7.11 Å². The minimum Gasteiger partial charge on any atom is -0.381 e. The molecule has 18 heavy (non-hydrogen) atoms. The van der Waals surface area contributed by atoms with Crippen molar-refractivity contribution in [1.29, 1.82) is 0 Å². The Morgan fingerprint density at radius 2 is 1.72 bits per heavy atom. The predicted octanol–water partition coefficient (Wildman–Crippen LogP) is 3.60. The summed E-state index contributed by atoms with van der Waals surface area (Å²) in [5.41, 5.74) is 2.71. The van der Waals surface area contributed by atoms with Crippen LogP contribution in [0.1, 0.15) is 49.8 Å². The van der Waals surface area contributed by atoms with Gasteiger partial charge in [-0.25, -0.2) is 0 Å². The van der Waals surface area contributed by atoms with Crippen LogP contribution < -0.4 is 5.32 Å². The third-order valence-electron chi connectivity index (χ3n) is 4.07. The predicted molar refractivity (Wildman–Crippen MR) is 75.8 cm³/mol. The van der Waals surface area contributed by atoms with Crippen molar-refractivity contribution in [2.75, 3.05) is 7.11 Å². The van der Waals surface area contributed by atoms with Crippen molar-refractivity contribution in [2.24, 2.45) is 0 Å². The highest BCUT2D eigenvalue weighted by atomic mass is 16.5. The van der Waals surface area contributed by atoms with Crippen LogP contribution in [0.3, 0.4) is 0 Å². The van der Waals surface area contributed by atoms with E-state index in [0.717, 1.165) is 0 Å². The molecule has 0 bridgehead atoms. The van der Waals surface area contributed by atoms with Crippen LogP contribution >= 0.6 is 0 Å². The minimum absolute atomic E-state index is 0.440. The van der Waals surface area contributed by atoms with Crippen LogP contribution in [0.5, 0.6) is 0 Å². The Kier molecular flexibility index (Phi) is 4.79. The van der Waals surface area contributed by atoms with Gasteiger partial charge in [0.1, 0.15) is 0 Å². The molecular weight excluding hydrogens is 222 g/mol. The molecule has 0 spiro atoms. The van der Waals surface area contributed by atoms with Gasteiger partial charge in [0, 0.05) is 19.2 Å². The fourth-order valence-corrected chi connectivity index (χ4v) is 2.77. The van der Waals surface area contributed by atoms with Crippen molar-refractivity contribution in [1.82, 2.24) is 5.32 Å². The summed E-state index contributed by atoms with van der Waals surface area (Å²) in [6.45, 7) is 4.39. The Hall–Kier alpha value is -0.860. The summed E-state index contributed by atoms with van der Waals surface area (Å²) in [6.07, 6.45) is 5.32. The highest BCUT2D eigenvalue weighted by molar-refractivity contribution is 5.23. The molecule has 0 aliphatic heterocycles. The molecule has 1 unspecified atom stereocenters. The molecule has 0 heterocycles. The second-order valence-corrected chi connectivity index (χ2v) is 5.51. The van der Waals surface area contributed by atoms with Crippen molar-refractivity contribution in [2.45, 2.75) is 57.7 Å². The molecule has 0 aromatic heterocycles. The van der Waals surface area contributed by atoms with E-state index in [2.05, 4.69) is 43.4 Å². The summed E-state index contributed by atoms with van der Waals surface area (Å²) in [6, 6.07) is 9.93. The number of methoxy groups -OCH3 is 1. The number of nitrogens with one attached hydrogen (secondary N) is 1. The molecule has 1 N–H and O–H groups in total. The lowest BCUT2D eigenvalue weighted by molar-refractivity contribution is 0.0614. The van der Waals surface area contributed by atoms with Gasteiger partial charge in [-0.1, -0.05) is 29.8 Å². The number of rotatable bonds is 4. The van der Waals surface area contributed by atoms with Crippen molar-refractivity contribution in [3.8, 4) is 0 Å². The third kappa shape index (κ3) is 3.56. The monoisotopic (exact) mass is 247 g/mol. The maximum absolute atomic E-state index is 5.41. The number of benzene rings is 1. The number of aryl methyl sites for hydroxylation is 1. The zero-order valence-electron chi connectivity index (χ0n) is 11.8. The lowest BCUT2D eigenvalue weighted by Gasteiger charge is -2.30. The molecule has 1 atom stereocenters. The molecule has 1 aromatic carbocycles. The summed E-state index contributed by atoms with van der Waals surface area (Å²) in [7, 11) is 1.83. The van der Waals surface area contributed by atoms with Crippen molar-refractivity contribution in [3.05, 3.63) is 35.4 Å². The molecule has 1 aliphatic rings. The molecule has 2 rings (SSSR count). The molecule has 1 saturated carbocycles. The molecule has 100 valence electrons.